The van der Waals surface area contributed by atoms with Gasteiger partial charge in [0.25, 0.3) is 0 Å². The molecule has 6 rings (SSSR count). The van der Waals surface area contributed by atoms with Crippen LogP contribution in [0.3, 0.4) is 0 Å². The largest absolute Gasteiger partial charge is 0.461 e. The Kier molecular flexibility index (Phi) is 7.34. The number of aromatic nitrogens is 4. The molecule has 0 unspecified atom stereocenters. The molecule has 216 valence electrons. The van der Waals surface area contributed by atoms with Gasteiger partial charge in [0.05, 0.1) is 55.5 Å². The van der Waals surface area contributed by atoms with Crippen molar-refractivity contribution >= 4 is 11.5 Å². The van der Waals surface area contributed by atoms with Gasteiger partial charge in [-0.05, 0) is 56.0 Å². The van der Waals surface area contributed by atoms with E-state index in [0.29, 0.717) is 30.7 Å². The van der Waals surface area contributed by atoms with Crippen molar-refractivity contribution < 1.29 is 41.3 Å². The van der Waals surface area contributed by atoms with Gasteiger partial charge < -0.3 is 18.9 Å². The maximum absolute atomic E-state index is 15.3. The number of hydrogen-bond donors (Lipinski definition) is 0. The van der Waals surface area contributed by atoms with E-state index < -0.39 is 35.9 Å². The first kappa shape index (κ1) is 27.5. The molecule has 13 heteroatoms. The minimum atomic E-state index is -4.75. The maximum atomic E-state index is 15.3. The molecule has 1 aromatic carbocycles. The van der Waals surface area contributed by atoms with Gasteiger partial charge >= 0.3 is 12.1 Å². The molecule has 0 amide bonds. The second-order valence-corrected chi connectivity index (χ2v) is 9.86. The Labute approximate surface area is 232 Å². The third-order valence-electron chi connectivity index (χ3n) is 7.00. The fourth-order valence-corrected chi connectivity index (χ4v) is 4.83. The molecule has 0 radical (unpaired) electrons. The van der Waals surface area contributed by atoms with E-state index in [9.17, 15) is 18.0 Å². The summed E-state index contributed by atoms with van der Waals surface area (Å²) in [5.41, 5.74) is -0.340. The van der Waals surface area contributed by atoms with E-state index in [-0.39, 0.29) is 48.2 Å². The van der Waals surface area contributed by atoms with Crippen LogP contribution in [0.2, 0.25) is 0 Å². The smallest absolute Gasteiger partial charge is 0.416 e. The standard InChI is InChI=1S/C28H26F4N4O5/c1-2-38-26(37)24-22(27-40-9-10-41-27)23(19-6-3-17(12-20(19)29)28(30,31)32)34-25(35-24)15-7-8-39-21(11-15)16-13-33-36(14-16)18-4-5-18/h3,6,11-14,18,21,27H,2,4-5,7-10H2,1H3/t21-/m1/s1. The normalized spacial score (nSPS) is 19.8. The summed E-state index contributed by atoms with van der Waals surface area (Å²) in [4.78, 5) is 22.3. The van der Waals surface area contributed by atoms with Gasteiger partial charge in [-0.25, -0.2) is 19.2 Å². The molecular weight excluding hydrogens is 548 g/mol. The van der Waals surface area contributed by atoms with Crippen molar-refractivity contribution in [1.82, 2.24) is 19.7 Å². The first-order valence-corrected chi connectivity index (χ1v) is 13.3. The molecule has 0 spiro atoms. The average Bonchev–Trinajstić information content (AvgIpc) is 3.43. The lowest BCUT2D eigenvalue weighted by Crippen LogP contribution is -2.19. The molecule has 2 fully saturated rings. The molecule has 1 atom stereocenters. The lowest BCUT2D eigenvalue weighted by molar-refractivity contribution is -0.137. The number of benzene rings is 1. The Morgan fingerprint density at radius 2 is 1.90 bits per heavy atom. The first-order chi connectivity index (χ1) is 19.7. The van der Waals surface area contributed by atoms with E-state index in [4.69, 9.17) is 18.9 Å². The highest BCUT2D eigenvalue weighted by atomic mass is 19.4. The van der Waals surface area contributed by atoms with Gasteiger partial charge in [-0.15, -0.1) is 0 Å². The summed E-state index contributed by atoms with van der Waals surface area (Å²) in [6, 6.07) is 2.51. The number of esters is 1. The summed E-state index contributed by atoms with van der Waals surface area (Å²) in [6.45, 7) is 2.32. The van der Waals surface area contributed by atoms with Gasteiger partial charge in [0, 0.05) is 17.3 Å². The number of carbonyl (C=O) groups is 1. The highest BCUT2D eigenvalue weighted by Crippen LogP contribution is 2.40. The number of hydrogen-bond acceptors (Lipinski definition) is 8. The molecule has 1 saturated heterocycles. The maximum Gasteiger partial charge on any atom is 0.416 e. The quantitative estimate of drug-likeness (QED) is 0.266. The molecule has 1 saturated carbocycles. The van der Waals surface area contributed by atoms with Crippen LogP contribution in [0.5, 0.6) is 0 Å². The SMILES string of the molecule is CCOC(=O)c1nc(C2=C[C@H](c3cnn(C4CC4)c3)OCC2)nc(-c2ccc(C(F)(F)F)cc2F)c1C1OCCO1. The summed E-state index contributed by atoms with van der Waals surface area (Å²) in [5, 5.41) is 4.42. The molecule has 3 aromatic rings. The fourth-order valence-electron chi connectivity index (χ4n) is 4.83. The molecule has 9 nitrogen and oxygen atoms in total. The van der Waals surface area contributed by atoms with Crippen molar-refractivity contribution in [3.05, 3.63) is 70.7 Å². The van der Waals surface area contributed by atoms with Crippen molar-refractivity contribution in [3.8, 4) is 11.3 Å². The van der Waals surface area contributed by atoms with E-state index in [1.165, 1.54) is 0 Å². The van der Waals surface area contributed by atoms with Crippen LogP contribution in [0, 0.1) is 5.82 Å². The number of halogens is 4. The summed E-state index contributed by atoms with van der Waals surface area (Å²) in [6.07, 6.45) is 1.62. The molecule has 2 aromatic heterocycles. The average molecular weight is 575 g/mol. The summed E-state index contributed by atoms with van der Waals surface area (Å²) in [5.74, 6) is -1.91. The molecular formula is C28H26F4N4O5. The van der Waals surface area contributed by atoms with Gasteiger partial charge in [-0.2, -0.15) is 18.3 Å². The third kappa shape index (κ3) is 5.61. The zero-order valence-electron chi connectivity index (χ0n) is 22.0. The number of rotatable bonds is 7. The van der Waals surface area contributed by atoms with E-state index in [0.717, 1.165) is 30.5 Å². The first-order valence-electron chi connectivity index (χ1n) is 13.3. The lowest BCUT2D eigenvalue weighted by Gasteiger charge is -2.23. The van der Waals surface area contributed by atoms with Gasteiger partial charge in [-0.3, -0.25) is 4.68 Å². The fraction of sp³-hybridized carbons (Fsp3) is 0.429. The van der Waals surface area contributed by atoms with Crippen LogP contribution in [0.4, 0.5) is 17.6 Å². The van der Waals surface area contributed by atoms with Crippen LogP contribution in [-0.4, -0.2) is 52.1 Å². The van der Waals surface area contributed by atoms with Crippen molar-refractivity contribution in [3.63, 3.8) is 0 Å². The van der Waals surface area contributed by atoms with Gasteiger partial charge in [0.1, 0.15) is 11.9 Å². The number of ether oxygens (including phenoxy) is 4. The third-order valence-corrected chi connectivity index (χ3v) is 7.00. The van der Waals surface area contributed by atoms with Crippen LogP contribution in [0.15, 0.2) is 36.7 Å². The Morgan fingerprint density at radius 1 is 1.12 bits per heavy atom. The topological polar surface area (TPSA) is 97.6 Å². The summed E-state index contributed by atoms with van der Waals surface area (Å²) in [7, 11) is 0. The van der Waals surface area contributed by atoms with E-state index in [2.05, 4.69) is 15.1 Å². The summed E-state index contributed by atoms with van der Waals surface area (Å²) >= 11 is 0. The minimum Gasteiger partial charge on any atom is -0.461 e. The number of carbonyl (C=O) groups excluding carboxylic acids is 1. The van der Waals surface area contributed by atoms with Crippen LogP contribution in [0.25, 0.3) is 16.8 Å². The Bertz CT molecular complexity index is 1500. The molecule has 41 heavy (non-hydrogen) atoms. The molecule has 3 aliphatic rings. The highest BCUT2D eigenvalue weighted by Gasteiger charge is 2.35. The zero-order chi connectivity index (χ0) is 28.7. The predicted molar refractivity (Wildman–Crippen MR) is 135 cm³/mol. The van der Waals surface area contributed by atoms with Gasteiger partial charge in [0.2, 0.25) is 0 Å². The molecule has 4 heterocycles. The Hall–Kier alpha value is -3.68. The second kappa shape index (κ2) is 11.0. The van der Waals surface area contributed by atoms with Crippen molar-refractivity contribution in [2.45, 2.75) is 50.8 Å². The second-order valence-electron chi connectivity index (χ2n) is 9.86. The predicted octanol–water partition coefficient (Wildman–Crippen LogP) is 5.60. The zero-order valence-corrected chi connectivity index (χ0v) is 22.0. The number of nitrogens with zero attached hydrogens (tertiary/aromatic N) is 4. The Morgan fingerprint density at radius 3 is 2.59 bits per heavy atom. The summed E-state index contributed by atoms with van der Waals surface area (Å²) < 4.78 is 79.6. The lowest BCUT2D eigenvalue weighted by atomic mass is 9.99. The Balaban J connectivity index is 1.49. The molecule has 1 aliphatic carbocycles. The monoisotopic (exact) mass is 574 g/mol. The van der Waals surface area contributed by atoms with E-state index >= 15 is 4.39 Å². The molecule has 2 aliphatic heterocycles. The van der Waals surface area contributed by atoms with Crippen LogP contribution >= 0.6 is 0 Å². The van der Waals surface area contributed by atoms with Crippen molar-refractivity contribution in [2.24, 2.45) is 0 Å². The van der Waals surface area contributed by atoms with Crippen LogP contribution in [0.1, 0.15) is 77.6 Å². The van der Waals surface area contributed by atoms with Crippen molar-refractivity contribution in [2.75, 3.05) is 26.4 Å². The van der Waals surface area contributed by atoms with E-state index in [1.807, 2.05) is 10.9 Å². The van der Waals surface area contributed by atoms with Crippen LogP contribution in [-0.2, 0) is 25.1 Å². The minimum absolute atomic E-state index is 0.0155. The molecule has 0 bridgehead atoms. The number of alkyl halides is 3. The van der Waals surface area contributed by atoms with E-state index in [1.54, 1.807) is 19.2 Å². The van der Waals surface area contributed by atoms with Crippen LogP contribution < -0.4 is 0 Å². The highest BCUT2D eigenvalue weighted by molar-refractivity contribution is 5.92. The van der Waals surface area contributed by atoms with Crippen molar-refractivity contribution in [1.29, 1.82) is 0 Å². The van der Waals surface area contributed by atoms with Gasteiger partial charge in [-0.1, -0.05) is 0 Å². The van der Waals surface area contributed by atoms with Gasteiger partial charge in [0.15, 0.2) is 17.8 Å². The molecule has 0 N–H and O–H groups in total.